The van der Waals surface area contributed by atoms with Gasteiger partial charge in [-0.05, 0) is 113 Å². The zero-order chi connectivity index (χ0) is 95.6. The maximum atomic E-state index is 15.1. The van der Waals surface area contributed by atoms with E-state index in [-0.39, 0.29) is 176 Å². The number of nitrogens with one attached hydrogen (secondary N) is 24. The molecular formula is C77H135N31O17S2. The zero-order valence-corrected chi connectivity index (χ0v) is 74.8. The van der Waals surface area contributed by atoms with Crippen molar-refractivity contribution >= 4 is 146 Å². The van der Waals surface area contributed by atoms with Crippen molar-refractivity contribution < 1.29 is 81.8 Å². The molecule has 1 aliphatic rings. The Morgan fingerprint density at radius 3 is 1.28 bits per heavy atom. The monoisotopic (exact) mass is 1830 g/mol. The number of benzene rings is 1. The SMILES string of the molecule is CC[C@H](C)[C@H](NC(=O)[C@H](CCCNC(=N)N)NC(=O)[C@H](CC(C)C)NC(=O)[C@H](CC(C)C)NC(=O)[C@H](CC(C)C)NC(=O)[C@H](CCCNC(=N)N)NC(=O)C1CSSC[C@H](N)C(=O)NC(CCCNC(=N)N)C(=O)NCC(=O)N[C@@H](CC(=O)O)C(=O)NC(Cc2ccccc2)C(=O)N1)C(=O)NCC(=O)N[C@@H](CCCNC(=N)N)C(=O)N[C@@H](CCCNC(=N)N)C(N)=O. The van der Waals surface area contributed by atoms with Gasteiger partial charge in [-0.1, -0.05) is 114 Å². The summed E-state index contributed by atoms with van der Waals surface area (Å²) in [7, 11) is 1.90. The maximum Gasteiger partial charge on any atom is 0.305 e. The molecule has 1 fully saturated rings. The molecular weight excluding hydrogens is 1700 g/mol. The first kappa shape index (κ1) is 111. The topological polar surface area (TPSA) is 823 Å². The van der Waals surface area contributed by atoms with Crippen LogP contribution < -0.4 is 141 Å². The smallest absolute Gasteiger partial charge is 0.305 e. The highest BCUT2D eigenvalue weighted by atomic mass is 33.1. The minimum Gasteiger partial charge on any atom is -0.481 e. The first-order chi connectivity index (χ1) is 59.8. The maximum absolute atomic E-state index is 15.1. The van der Waals surface area contributed by atoms with Gasteiger partial charge in [0.1, 0.15) is 72.5 Å². The van der Waals surface area contributed by atoms with Crippen LogP contribution in [0, 0.1) is 50.7 Å². The highest BCUT2D eigenvalue weighted by molar-refractivity contribution is 8.76. The summed E-state index contributed by atoms with van der Waals surface area (Å²) in [5, 5.41) is 96.9. The van der Waals surface area contributed by atoms with Crippen molar-refractivity contribution in [1.29, 1.82) is 27.0 Å². The second-order valence-electron chi connectivity index (χ2n) is 31.8. The Morgan fingerprint density at radius 2 is 0.843 bits per heavy atom. The van der Waals surface area contributed by atoms with Crippen LogP contribution in [0.2, 0.25) is 0 Å². The van der Waals surface area contributed by atoms with Gasteiger partial charge in [0.15, 0.2) is 29.8 Å². The van der Waals surface area contributed by atoms with E-state index in [0.29, 0.717) is 5.56 Å². The lowest BCUT2D eigenvalue weighted by atomic mass is 9.97. The highest BCUT2D eigenvalue weighted by Crippen LogP contribution is 2.24. The molecule has 0 radical (unpaired) electrons. The van der Waals surface area contributed by atoms with Crippen LogP contribution in [0.4, 0.5) is 0 Å². The van der Waals surface area contributed by atoms with E-state index < -0.39 is 210 Å². The fourth-order valence-electron chi connectivity index (χ4n) is 12.5. The zero-order valence-electron chi connectivity index (χ0n) is 73.2. The summed E-state index contributed by atoms with van der Waals surface area (Å²) >= 11 is 0. The molecule has 3 unspecified atom stereocenters. The first-order valence-electron chi connectivity index (χ1n) is 41.9. The van der Waals surface area contributed by atoms with Crippen molar-refractivity contribution in [2.24, 2.45) is 63.8 Å². The Morgan fingerprint density at radius 1 is 0.449 bits per heavy atom. The van der Waals surface area contributed by atoms with Crippen LogP contribution in [0.15, 0.2) is 30.3 Å². The highest BCUT2D eigenvalue weighted by Gasteiger charge is 2.39. The van der Waals surface area contributed by atoms with Crippen molar-refractivity contribution in [2.75, 3.05) is 57.3 Å². The van der Waals surface area contributed by atoms with Crippen molar-refractivity contribution in [1.82, 2.24) is 101 Å². The Bertz CT molecular complexity index is 3890. The predicted molar refractivity (Wildman–Crippen MR) is 477 cm³/mol. The third-order valence-corrected chi connectivity index (χ3v) is 21.7. The number of carboxylic acid groups (broad SMARTS) is 1. The third-order valence-electron chi connectivity index (χ3n) is 19.3. The van der Waals surface area contributed by atoms with Gasteiger partial charge >= 0.3 is 5.97 Å². The average Bonchev–Trinajstić information content (AvgIpc) is 0.857. The van der Waals surface area contributed by atoms with E-state index in [0.717, 1.165) is 21.6 Å². The second-order valence-corrected chi connectivity index (χ2v) is 34.3. The molecule has 14 atom stereocenters. The van der Waals surface area contributed by atoms with E-state index in [1.165, 1.54) is 0 Å². The molecule has 0 aromatic heterocycles. The van der Waals surface area contributed by atoms with E-state index in [9.17, 15) is 72.2 Å². The number of hydrogen-bond donors (Lipinski definition) is 32. The molecule has 15 amide bonds. The number of primary amides is 1. The average molecular weight is 1830 g/mol. The summed E-state index contributed by atoms with van der Waals surface area (Å²) in [6.07, 6.45) is -0.984. The minimum absolute atomic E-state index is 0.0205. The van der Waals surface area contributed by atoms with Crippen molar-refractivity contribution in [3.8, 4) is 0 Å². The van der Waals surface area contributed by atoms with E-state index in [1.807, 2.05) is 0 Å². The predicted octanol–water partition coefficient (Wildman–Crippen LogP) is -7.54. The fourth-order valence-corrected chi connectivity index (χ4v) is 14.8. The summed E-state index contributed by atoms with van der Waals surface area (Å²) in [6.45, 7) is 12.7. The number of carbonyl (C=O) groups is 16. The van der Waals surface area contributed by atoms with Crippen molar-refractivity contribution in [3.05, 3.63) is 35.9 Å². The van der Waals surface area contributed by atoms with Gasteiger partial charge in [0.25, 0.3) is 0 Å². The molecule has 0 saturated carbocycles. The van der Waals surface area contributed by atoms with Gasteiger partial charge in [0.2, 0.25) is 88.6 Å². The molecule has 50 heteroatoms. The Hall–Kier alpha value is -12.2. The number of carboxylic acids is 1. The van der Waals surface area contributed by atoms with Gasteiger partial charge in [-0.25, -0.2) is 0 Å². The van der Waals surface area contributed by atoms with Crippen LogP contribution in [0.25, 0.3) is 0 Å². The summed E-state index contributed by atoms with van der Waals surface area (Å²) in [5.41, 5.74) is 39.7. The lowest BCUT2D eigenvalue weighted by Crippen LogP contribution is -2.61. The van der Waals surface area contributed by atoms with Gasteiger partial charge in [0, 0.05) is 50.7 Å². The van der Waals surface area contributed by atoms with Gasteiger partial charge < -0.3 is 146 Å². The summed E-state index contributed by atoms with van der Waals surface area (Å²) < 4.78 is 0. The molecule has 0 aliphatic carbocycles. The van der Waals surface area contributed by atoms with E-state index in [2.05, 4.69) is 101 Å². The molecule has 48 nitrogen and oxygen atoms in total. The number of aliphatic carboxylic acids is 1. The lowest BCUT2D eigenvalue weighted by molar-refractivity contribution is -0.141. The molecule has 1 heterocycles. The number of amides is 15. The molecule has 127 heavy (non-hydrogen) atoms. The lowest BCUT2D eigenvalue weighted by Gasteiger charge is -2.30. The van der Waals surface area contributed by atoms with Crippen LogP contribution in [-0.2, 0) is 83.1 Å². The molecule has 0 bridgehead atoms. The van der Waals surface area contributed by atoms with E-state index in [1.54, 1.807) is 85.7 Å². The van der Waals surface area contributed by atoms with Crippen LogP contribution in [0.3, 0.4) is 0 Å². The minimum atomic E-state index is -1.87. The molecule has 1 aromatic rings. The molecule has 0 spiro atoms. The summed E-state index contributed by atoms with van der Waals surface area (Å²) in [6, 6.07) is -10.9. The quantitative estimate of drug-likeness (QED) is 0.0125. The molecule has 2 rings (SSSR count). The Kier molecular flexibility index (Phi) is 52.0. The van der Waals surface area contributed by atoms with Crippen LogP contribution >= 0.6 is 21.6 Å². The number of guanidine groups is 5. The van der Waals surface area contributed by atoms with Gasteiger partial charge in [-0.2, -0.15) is 0 Å². The van der Waals surface area contributed by atoms with Crippen LogP contribution in [-0.4, -0.2) is 265 Å². The Balaban J connectivity index is 2.67. The van der Waals surface area contributed by atoms with Gasteiger partial charge in [-0.15, -0.1) is 0 Å². The van der Waals surface area contributed by atoms with Crippen molar-refractivity contribution in [3.63, 3.8) is 0 Å². The van der Waals surface area contributed by atoms with Gasteiger partial charge in [-0.3, -0.25) is 104 Å². The third kappa shape index (κ3) is 47.1. The van der Waals surface area contributed by atoms with E-state index in [4.69, 9.17) is 67.2 Å². The molecule has 39 N–H and O–H groups in total. The second kappa shape index (κ2) is 59.6. The molecule has 1 saturated heterocycles. The fraction of sp³-hybridized carbons (Fsp3) is 0.649. The first-order valence-corrected chi connectivity index (χ1v) is 44.4. The standard InChI is InChI=1S/C77H135N31O17S2/c1-9-42(8)59(72(125)96-36-56(109)97-47(22-15-27-92-75(84)85)63(116)99-45(60(79)113)20-13-25-90-73(80)81)108-65(118)49(24-17-29-94-77(88)89)101-66(119)50(30-39(2)3)104-68(121)52(32-41(6)7)105-67(120)51(31-40(4)5)103-64(117)48(23-16-28-93-76(86)87)102-71(124)55-38-127-126-37-44(78)61(114)100-46(21-14-26-91-74(82)83)62(115)95-35-57(110)98-54(34-58(111)112)70(123)106-53(69(122)107-55)33-43-18-11-10-12-19-43/h10-12,18-19,39-42,44-55,59H,9,13-17,20-38,78H2,1-8H3,(H2,79,113)(H,95,115)(H,96,125)(H,97,109)(H,98,110)(H,99,116)(H,100,114)(H,101,119)(H,102,124)(H,103,117)(H,104,121)(H,105,120)(H,106,123)(H,107,122)(H,108,118)(H,111,112)(H4,80,81,90)(H4,82,83,91)(H4,84,85,92)(H4,86,87,93)(H4,88,89,94)/t42-,44-,45-,46?,47-,48-,49-,50-,51-,52-,53?,54-,55?,59-/m0/s1. The molecule has 712 valence electrons. The largest absolute Gasteiger partial charge is 0.481 e. The normalized spacial score (nSPS) is 18.0. The molecule has 1 aliphatic heterocycles. The number of nitrogens with two attached hydrogens (primary N) is 7. The van der Waals surface area contributed by atoms with Crippen molar-refractivity contribution in [2.45, 2.75) is 237 Å². The van der Waals surface area contributed by atoms with E-state index >= 15 is 9.59 Å². The summed E-state index contributed by atoms with van der Waals surface area (Å²) in [5.74, 6) is -19.5. The number of rotatable bonds is 51. The van der Waals surface area contributed by atoms with Gasteiger partial charge in [0.05, 0.1) is 25.6 Å². The number of carbonyl (C=O) groups excluding carboxylic acids is 15. The number of hydrogen-bond acceptors (Lipinski definition) is 24. The Labute approximate surface area is 746 Å². The summed E-state index contributed by atoms with van der Waals surface area (Å²) in [4.78, 5) is 225. The molecule has 1 aromatic carbocycles. The van der Waals surface area contributed by atoms with Crippen LogP contribution in [0.5, 0.6) is 0 Å². The van der Waals surface area contributed by atoms with Crippen LogP contribution in [0.1, 0.15) is 157 Å².